The van der Waals surface area contributed by atoms with Crippen LogP contribution in [0, 0.1) is 0 Å². The van der Waals surface area contributed by atoms with Gasteiger partial charge in [-0.3, -0.25) is 13.9 Å². The molecular formula is C24H32ClN3O5S. The van der Waals surface area contributed by atoms with E-state index in [0.29, 0.717) is 30.3 Å². The molecule has 0 spiro atoms. The highest BCUT2D eigenvalue weighted by molar-refractivity contribution is 7.92. The van der Waals surface area contributed by atoms with Crippen LogP contribution in [0.25, 0.3) is 0 Å². The number of ether oxygens (including phenoxy) is 1. The van der Waals surface area contributed by atoms with E-state index in [-0.39, 0.29) is 18.1 Å². The normalized spacial score (nSPS) is 12.0. The van der Waals surface area contributed by atoms with Crippen LogP contribution in [0.3, 0.4) is 0 Å². The average molecular weight is 510 g/mol. The molecule has 186 valence electrons. The maximum absolute atomic E-state index is 13.6. The zero-order valence-electron chi connectivity index (χ0n) is 20.0. The third kappa shape index (κ3) is 7.36. The van der Waals surface area contributed by atoms with Crippen LogP contribution in [0.2, 0.25) is 5.02 Å². The van der Waals surface area contributed by atoms with E-state index in [1.165, 1.54) is 4.90 Å². The van der Waals surface area contributed by atoms with Crippen molar-refractivity contribution in [3.05, 3.63) is 59.1 Å². The lowest BCUT2D eigenvalue weighted by molar-refractivity contribution is -0.140. The second-order valence-corrected chi connectivity index (χ2v) is 9.98. The van der Waals surface area contributed by atoms with Crippen LogP contribution in [-0.4, -0.2) is 57.1 Å². The number of hydrogen-bond donors (Lipinski definition) is 1. The first-order valence-corrected chi connectivity index (χ1v) is 13.4. The second kappa shape index (κ2) is 12.6. The average Bonchev–Trinajstić information content (AvgIpc) is 2.78. The molecule has 0 saturated heterocycles. The maximum atomic E-state index is 13.6. The first-order valence-electron chi connectivity index (χ1n) is 11.1. The van der Waals surface area contributed by atoms with Gasteiger partial charge in [0.25, 0.3) is 0 Å². The molecule has 0 aromatic heterocycles. The summed E-state index contributed by atoms with van der Waals surface area (Å²) in [5.41, 5.74) is 1.03. The molecule has 34 heavy (non-hydrogen) atoms. The van der Waals surface area contributed by atoms with Gasteiger partial charge in [-0.05, 0) is 50.1 Å². The van der Waals surface area contributed by atoms with Gasteiger partial charge in [0.15, 0.2) is 0 Å². The monoisotopic (exact) mass is 509 g/mol. The Balaban J connectivity index is 2.46. The van der Waals surface area contributed by atoms with Crippen LogP contribution >= 0.6 is 11.6 Å². The van der Waals surface area contributed by atoms with Gasteiger partial charge in [-0.1, -0.05) is 42.8 Å². The minimum absolute atomic E-state index is 0.121. The summed E-state index contributed by atoms with van der Waals surface area (Å²) in [6.07, 6.45) is 1.40. The quantitative estimate of drug-likeness (QED) is 0.472. The van der Waals surface area contributed by atoms with Crippen molar-refractivity contribution in [2.45, 2.75) is 39.8 Å². The Morgan fingerprint density at radius 3 is 2.26 bits per heavy atom. The van der Waals surface area contributed by atoms with Gasteiger partial charge >= 0.3 is 0 Å². The lowest BCUT2D eigenvalue weighted by Crippen LogP contribution is -2.52. The first-order chi connectivity index (χ1) is 16.1. The smallest absolute Gasteiger partial charge is 0.244 e. The minimum Gasteiger partial charge on any atom is -0.492 e. The minimum atomic E-state index is -3.84. The van der Waals surface area contributed by atoms with Gasteiger partial charge in [-0.25, -0.2) is 8.42 Å². The molecule has 1 N–H and O–H groups in total. The molecule has 0 radical (unpaired) electrons. The molecule has 10 heteroatoms. The fraction of sp³-hybridized carbons (Fsp3) is 0.417. The maximum Gasteiger partial charge on any atom is 0.244 e. The van der Waals surface area contributed by atoms with Gasteiger partial charge in [-0.2, -0.15) is 0 Å². The lowest BCUT2D eigenvalue weighted by atomic mass is 10.1. The number of anilines is 1. The summed E-state index contributed by atoms with van der Waals surface area (Å²) in [7, 11) is -3.84. The molecule has 0 aliphatic heterocycles. The number of benzene rings is 2. The summed E-state index contributed by atoms with van der Waals surface area (Å²) in [5, 5.41) is 3.31. The molecule has 0 unspecified atom stereocenters. The van der Waals surface area contributed by atoms with Crippen LogP contribution in [0.5, 0.6) is 5.75 Å². The first kappa shape index (κ1) is 27.5. The summed E-state index contributed by atoms with van der Waals surface area (Å²) >= 11 is 5.99. The largest absolute Gasteiger partial charge is 0.492 e. The lowest BCUT2D eigenvalue weighted by Gasteiger charge is -2.33. The highest BCUT2D eigenvalue weighted by Crippen LogP contribution is 2.30. The van der Waals surface area contributed by atoms with Gasteiger partial charge < -0.3 is 15.0 Å². The summed E-state index contributed by atoms with van der Waals surface area (Å²) in [4.78, 5) is 27.8. The van der Waals surface area contributed by atoms with Gasteiger partial charge in [-0.15, -0.1) is 0 Å². The SMILES string of the molecule is CCNC(=O)[C@@H](CC)N(Cc1ccc(Cl)cc1)C(=O)CN(c1ccccc1OCC)S(C)(=O)=O. The van der Waals surface area contributed by atoms with Gasteiger partial charge in [0, 0.05) is 18.1 Å². The van der Waals surface area contributed by atoms with E-state index in [1.807, 2.05) is 0 Å². The van der Waals surface area contributed by atoms with Crippen molar-refractivity contribution >= 4 is 39.1 Å². The molecular weight excluding hydrogens is 478 g/mol. The number of nitrogens with zero attached hydrogens (tertiary/aromatic N) is 2. The number of carbonyl (C=O) groups excluding carboxylic acids is 2. The van der Waals surface area contributed by atoms with Gasteiger partial charge in [0.2, 0.25) is 21.8 Å². The van der Waals surface area contributed by atoms with Crippen molar-refractivity contribution in [3.63, 3.8) is 0 Å². The number of likely N-dealkylation sites (N-methyl/N-ethyl adjacent to an activating group) is 1. The van der Waals surface area contributed by atoms with E-state index in [1.54, 1.807) is 69.3 Å². The Bertz CT molecular complexity index is 1080. The summed E-state index contributed by atoms with van der Waals surface area (Å²) < 4.78 is 32.1. The number of para-hydroxylation sites is 2. The fourth-order valence-corrected chi connectivity index (χ4v) is 4.51. The number of halogens is 1. The third-order valence-electron chi connectivity index (χ3n) is 5.12. The summed E-state index contributed by atoms with van der Waals surface area (Å²) in [6.45, 7) is 5.78. The van der Waals surface area contributed by atoms with Crippen LogP contribution in [-0.2, 0) is 26.2 Å². The van der Waals surface area contributed by atoms with Crippen molar-refractivity contribution in [2.24, 2.45) is 0 Å². The molecule has 0 heterocycles. The molecule has 8 nitrogen and oxygen atoms in total. The number of sulfonamides is 1. The van der Waals surface area contributed by atoms with E-state index in [9.17, 15) is 18.0 Å². The van der Waals surface area contributed by atoms with Crippen molar-refractivity contribution in [1.29, 1.82) is 0 Å². The van der Waals surface area contributed by atoms with Crippen LogP contribution in [0.1, 0.15) is 32.8 Å². The summed E-state index contributed by atoms with van der Waals surface area (Å²) in [5.74, 6) is -0.457. The topological polar surface area (TPSA) is 96.0 Å². The zero-order chi connectivity index (χ0) is 25.3. The van der Waals surface area contributed by atoms with Crippen molar-refractivity contribution in [2.75, 3.05) is 30.3 Å². The number of nitrogens with one attached hydrogen (secondary N) is 1. The molecule has 0 aliphatic rings. The van der Waals surface area contributed by atoms with Crippen molar-refractivity contribution < 1.29 is 22.7 Å². The molecule has 2 rings (SSSR count). The molecule has 1 atom stereocenters. The molecule has 0 bridgehead atoms. The third-order valence-corrected chi connectivity index (χ3v) is 6.49. The molecule has 2 aromatic rings. The van der Waals surface area contributed by atoms with Gasteiger partial charge in [0.05, 0.1) is 18.6 Å². The van der Waals surface area contributed by atoms with Gasteiger partial charge in [0.1, 0.15) is 18.3 Å². The van der Waals surface area contributed by atoms with E-state index in [0.717, 1.165) is 16.1 Å². The van der Waals surface area contributed by atoms with Crippen molar-refractivity contribution in [3.8, 4) is 5.75 Å². The summed E-state index contributed by atoms with van der Waals surface area (Å²) in [6, 6.07) is 12.8. The Morgan fingerprint density at radius 1 is 1.06 bits per heavy atom. The molecule has 0 fully saturated rings. The predicted octanol–water partition coefficient (Wildman–Crippen LogP) is 3.45. The molecule has 2 amide bonds. The highest BCUT2D eigenvalue weighted by Gasteiger charge is 2.32. The number of rotatable bonds is 12. The van der Waals surface area contributed by atoms with E-state index in [2.05, 4.69) is 5.32 Å². The van der Waals surface area contributed by atoms with Crippen molar-refractivity contribution in [1.82, 2.24) is 10.2 Å². The number of carbonyl (C=O) groups is 2. The molecule has 0 aliphatic carbocycles. The van der Waals surface area contributed by atoms with Crippen LogP contribution in [0.15, 0.2) is 48.5 Å². The fourth-order valence-electron chi connectivity index (χ4n) is 3.53. The highest BCUT2D eigenvalue weighted by atomic mass is 35.5. The van der Waals surface area contributed by atoms with E-state index >= 15 is 0 Å². The standard InChI is InChI=1S/C24H32ClN3O5S/c1-5-20(24(30)26-6-2)27(16-18-12-14-19(25)15-13-18)23(29)17-28(34(4,31)32)21-10-8-9-11-22(21)33-7-3/h8-15,20H,5-7,16-17H2,1-4H3,(H,26,30)/t20-/m1/s1. The van der Waals surface area contributed by atoms with E-state index in [4.69, 9.17) is 16.3 Å². The van der Waals surface area contributed by atoms with Crippen LogP contribution < -0.4 is 14.4 Å². The Kier molecular flexibility index (Phi) is 10.2. The Labute approximate surface area is 206 Å². The Hall–Kier alpha value is -2.78. The number of amides is 2. The van der Waals surface area contributed by atoms with Crippen LogP contribution in [0.4, 0.5) is 5.69 Å². The molecule has 0 saturated carbocycles. The zero-order valence-corrected chi connectivity index (χ0v) is 21.5. The second-order valence-electron chi connectivity index (χ2n) is 7.64. The predicted molar refractivity (Wildman–Crippen MR) is 135 cm³/mol. The molecule has 2 aromatic carbocycles. The van der Waals surface area contributed by atoms with E-state index < -0.39 is 28.5 Å². The number of hydrogen-bond acceptors (Lipinski definition) is 5. The Morgan fingerprint density at radius 2 is 1.71 bits per heavy atom.